The van der Waals surface area contributed by atoms with E-state index in [1.54, 1.807) is 11.3 Å². The van der Waals surface area contributed by atoms with Gasteiger partial charge in [-0.25, -0.2) is 4.98 Å². The highest BCUT2D eigenvalue weighted by molar-refractivity contribution is 7.18. The maximum atomic E-state index is 9.35. The Labute approximate surface area is 122 Å². The van der Waals surface area contributed by atoms with Crippen LogP contribution < -0.4 is 10.6 Å². The van der Waals surface area contributed by atoms with Crippen LogP contribution in [0.25, 0.3) is 10.2 Å². The van der Waals surface area contributed by atoms with Gasteiger partial charge in [0, 0.05) is 17.5 Å². The van der Waals surface area contributed by atoms with Gasteiger partial charge in [0.15, 0.2) is 0 Å². The van der Waals surface area contributed by atoms with E-state index in [4.69, 9.17) is 5.73 Å². The molecule has 108 valence electrons. The van der Waals surface area contributed by atoms with Crippen LogP contribution in [-0.4, -0.2) is 34.3 Å². The normalized spacial score (nSPS) is 15.5. The molecular formula is C14H20N4OS. The summed E-state index contributed by atoms with van der Waals surface area (Å²) in [5, 5.41) is 10.4. The third-order valence-corrected chi connectivity index (χ3v) is 5.09. The summed E-state index contributed by atoms with van der Waals surface area (Å²) in [4.78, 5) is 13.3. The number of nitrogens with two attached hydrogens (primary N) is 1. The fraction of sp³-hybridized carbons (Fsp3) is 0.571. The van der Waals surface area contributed by atoms with Gasteiger partial charge in [0.2, 0.25) is 5.95 Å². The van der Waals surface area contributed by atoms with Gasteiger partial charge in [0.1, 0.15) is 10.6 Å². The van der Waals surface area contributed by atoms with Crippen molar-refractivity contribution in [2.24, 2.45) is 0 Å². The fourth-order valence-electron chi connectivity index (χ4n) is 2.63. The first-order valence-corrected chi connectivity index (χ1v) is 7.98. The predicted molar refractivity (Wildman–Crippen MR) is 83.3 cm³/mol. The molecular weight excluding hydrogens is 272 g/mol. The summed E-state index contributed by atoms with van der Waals surface area (Å²) in [5.41, 5.74) is 5.86. The highest BCUT2D eigenvalue weighted by Crippen LogP contribution is 2.36. The molecule has 0 aliphatic heterocycles. The van der Waals surface area contributed by atoms with E-state index in [1.165, 1.54) is 11.3 Å². The third-order valence-electron chi connectivity index (χ3n) is 3.92. The molecule has 20 heavy (non-hydrogen) atoms. The molecule has 2 aromatic rings. The second-order valence-corrected chi connectivity index (χ2v) is 6.31. The largest absolute Gasteiger partial charge is 0.395 e. The first kappa shape index (κ1) is 13.6. The van der Waals surface area contributed by atoms with Gasteiger partial charge in [0.05, 0.1) is 12.0 Å². The SMILES string of the molecule is CCc1cc2c(N(CCO)C3CCC3)nc(N)nc2s1. The van der Waals surface area contributed by atoms with Gasteiger partial charge < -0.3 is 15.7 Å². The van der Waals surface area contributed by atoms with Crippen molar-refractivity contribution < 1.29 is 5.11 Å². The Morgan fingerprint density at radius 1 is 1.45 bits per heavy atom. The smallest absolute Gasteiger partial charge is 0.223 e. The zero-order chi connectivity index (χ0) is 14.1. The number of hydrogen-bond donors (Lipinski definition) is 2. The van der Waals surface area contributed by atoms with Crippen molar-refractivity contribution in [3.63, 3.8) is 0 Å². The van der Waals surface area contributed by atoms with Crippen LogP contribution in [0.2, 0.25) is 0 Å². The summed E-state index contributed by atoms with van der Waals surface area (Å²) >= 11 is 1.68. The molecule has 0 bridgehead atoms. The topological polar surface area (TPSA) is 75.3 Å². The van der Waals surface area contributed by atoms with Gasteiger partial charge in [-0.2, -0.15) is 4.98 Å². The van der Waals surface area contributed by atoms with Crippen molar-refractivity contribution in [2.75, 3.05) is 23.8 Å². The lowest BCUT2D eigenvalue weighted by Gasteiger charge is -2.38. The van der Waals surface area contributed by atoms with Gasteiger partial charge in [-0.15, -0.1) is 11.3 Å². The molecule has 0 radical (unpaired) electrons. The van der Waals surface area contributed by atoms with Crippen LogP contribution in [-0.2, 0) is 6.42 Å². The van der Waals surface area contributed by atoms with Gasteiger partial charge in [-0.05, 0) is 31.7 Å². The Bertz CT molecular complexity index is 608. The van der Waals surface area contributed by atoms with Crippen LogP contribution in [0.15, 0.2) is 6.07 Å². The summed E-state index contributed by atoms with van der Waals surface area (Å²) in [5.74, 6) is 1.21. The highest BCUT2D eigenvalue weighted by Gasteiger charge is 2.27. The number of anilines is 2. The monoisotopic (exact) mass is 292 g/mol. The number of aliphatic hydroxyl groups excluding tert-OH is 1. The van der Waals surface area contributed by atoms with E-state index in [2.05, 4.69) is 27.9 Å². The molecule has 1 aliphatic carbocycles. The lowest BCUT2D eigenvalue weighted by molar-refractivity contribution is 0.283. The predicted octanol–water partition coefficient (Wildman–Crippen LogP) is 2.19. The number of fused-ring (bicyclic) bond motifs is 1. The molecule has 2 heterocycles. The molecule has 0 saturated heterocycles. The Hall–Kier alpha value is -1.40. The molecule has 2 aromatic heterocycles. The van der Waals surface area contributed by atoms with Crippen LogP contribution >= 0.6 is 11.3 Å². The number of aliphatic hydroxyl groups is 1. The van der Waals surface area contributed by atoms with Crippen LogP contribution in [0.4, 0.5) is 11.8 Å². The van der Waals surface area contributed by atoms with Crippen molar-refractivity contribution >= 4 is 33.3 Å². The summed E-state index contributed by atoms with van der Waals surface area (Å²) in [6.07, 6.45) is 4.57. The average Bonchev–Trinajstić information content (AvgIpc) is 2.78. The molecule has 0 amide bonds. The number of rotatable bonds is 5. The van der Waals surface area contributed by atoms with Crippen molar-refractivity contribution in [1.82, 2.24) is 9.97 Å². The Balaban J connectivity index is 2.09. The van der Waals surface area contributed by atoms with E-state index >= 15 is 0 Å². The van der Waals surface area contributed by atoms with Crippen molar-refractivity contribution in [3.05, 3.63) is 10.9 Å². The molecule has 3 N–H and O–H groups in total. The lowest BCUT2D eigenvalue weighted by atomic mass is 9.91. The summed E-state index contributed by atoms with van der Waals surface area (Å²) in [6, 6.07) is 2.64. The van der Waals surface area contributed by atoms with Crippen molar-refractivity contribution in [2.45, 2.75) is 38.6 Å². The standard InChI is InChI=1S/C14H20N4OS/c1-2-10-8-11-12(16-14(15)17-13(11)20-10)18(6-7-19)9-4-3-5-9/h8-9,19H,2-7H2,1H3,(H2,15,16,17). The molecule has 0 aromatic carbocycles. The third kappa shape index (κ3) is 2.33. The number of thiophene rings is 1. The van der Waals surface area contributed by atoms with E-state index in [0.717, 1.165) is 35.3 Å². The lowest BCUT2D eigenvalue weighted by Crippen LogP contribution is -2.42. The van der Waals surface area contributed by atoms with E-state index < -0.39 is 0 Å². The number of aryl methyl sites for hydroxylation is 1. The quantitative estimate of drug-likeness (QED) is 0.883. The summed E-state index contributed by atoms with van der Waals surface area (Å²) in [6.45, 7) is 2.87. The second-order valence-electron chi connectivity index (χ2n) is 5.19. The van der Waals surface area contributed by atoms with Gasteiger partial charge >= 0.3 is 0 Å². The van der Waals surface area contributed by atoms with Gasteiger partial charge in [-0.3, -0.25) is 0 Å². The molecule has 1 aliphatic rings. The van der Waals surface area contributed by atoms with E-state index in [-0.39, 0.29) is 6.61 Å². The van der Waals surface area contributed by atoms with E-state index in [9.17, 15) is 5.11 Å². The van der Waals surface area contributed by atoms with Crippen LogP contribution in [0.5, 0.6) is 0 Å². The van der Waals surface area contributed by atoms with Crippen LogP contribution in [0.1, 0.15) is 31.1 Å². The maximum Gasteiger partial charge on any atom is 0.223 e. The maximum absolute atomic E-state index is 9.35. The van der Waals surface area contributed by atoms with Crippen molar-refractivity contribution in [1.29, 1.82) is 0 Å². The van der Waals surface area contributed by atoms with Crippen LogP contribution in [0, 0.1) is 0 Å². The Morgan fingerprint density at radius 2 is 2.25 bits per heavy atom. The molecule has 0 atom stereocenters. The molecule has 0 unspecified atom stereocenters. The minimum absolute atomic E-state index is 0.132. The average molecular weight is 292 g/mol. The van der Waals surface area contributed by atoms with Crippen LogP contribution in [0.3, 0.4) is 0 Å². The minimum atomic E-state index is 0.132. The zero-order valence-corrected chi connectivity index (χ0v) is 12.5. The Morgan fingerprint density at radius 3 is 2.85 bits per heavy atom. The number of hydrogen-bond acceptors (Lipinski definition) is 6. The molecule has 0 spiro atoms. The zero-order valence-electron chi connectivity index (χ0n) is 11.7. The second kappa shape index (κ2) is 5.54. The number of nitrogens with zero attached hydrogens (tertiary/aromatic N) is 3. The first-order chi connectivity index (χ1) is 9.72. The molecule has 6 heteroatoms. The van der Waals surface area contributed by atoms with Gasteiger partial charge in [-0.1, -0.05) is 6.92 Å². The molecule has 1 saturated carbocycles. The summed E-state index contributed by atoms with van der Waals surface area (Å²) in [7, 11) is 0. The van der Waals surface area contributed by atoms with Crippen molar-refractivity contribution in [3.8, 4) is 0 Å². The first-order valence-electron chi connectivity index (χ1n) is 7.16. The van der Waals surface area contributed by atoms with E-state index in [1.807, 2.05) is 0 Å². The van der Waals surface area contributed by atoms with E-state index in [0.29, 0.717) is 18.5 Å². The van der Waals surface area contributed by atoms with Gasteiger partial charge in [0.25, 0.3) is 0 Å². The number of aromatic nitrogens is 2. The Kier molecular flexibility index (Phi) is 3.76. The highest BCUT2D eigenvalue weighted by atomic mass is 32.1. The molecule has 3 rings (SSSR count). The summed E-state index contributed by atoms with van der Waals surface area (Å²) < 4.78 is 0. The molecule has 1 fully saturated rings. The number of nitrogen functional groups attached to an aromatic ring is 1. The fourth-order valence-corrected chi connectivity index (χ4v) is 3.60. The minimum Gasteiger partial charge on any atom is -0.395 e. The molecule has 5 nitrogen and oxygen atoms in total.